The van der Waals surface area contributed by atoms with Crippen LogP contribution in [0.4, 0.5) is 0 Å². The monoisotopic (exact) mass is 500 g/mol. The largest absolute Gasteiger partial charge is 0.419 e. The zero-order chi connectivity index (χ0) is 26.5. The predicted octanol–water partition coefficient (Wildman–Crippen LogP) is 5.70. The quantitative estimate of drug-likeness (QED) is 0.169. The van der Waals surface area contributed by atoms with Crippen LogP contribution in [0.25, 0.3) is 12.2 Å². The van der Waals surface area contributed by atoms with Crippen LogP contribution in [-0.4, -0.2) is 23.5 Å². The van der Waals surface area contributed by atoms with Crippen molar-refractivity contribution in [3.63, 3.8) is 0 Å². The van der Waals surface area contributed by atoms with E-state index in [4.69, 9.17) is 9.47 Å². The topological polar surface area (TPSA) is 86.7 Å². The molecule has 4 aromatic carbocycles. The second-order valence-electron chi connectivity index (χ2n) is 8.35. The molecule has 38 heavy (non-hydrogen) atoms. The minimum Gasteiger partial charge on any atom is -0.419 e. The molecule has 0 amide bonds. The lowest BCUT2D eigenvalue weighted by Gasteiger charge is -2.21. The summed E-state index contributed by atoms with van der Waals surface area (Å²) in [6.07, 6.45) is 5.53. The number of carbonyl (C=O) groups excluding carboxylic acids is 4. The number of benzene rings is 4. The molecule has 0 atom stereocenters. The van der Waals surface area contributed by atoms with Crippen LogP contribution in [-0.2, 0) is 9.59 Å². The molecule has 1 aliphatic carbocycles. The van der Waals surface area contributed by atoms with Gasteiger partial charge in [-0.1, -0.05) is 84.9 Å². The van der Waals surface area contributed by atoms with Crippen LogP contribution in [0.1, 0.15) is 43.0 Å². The van der Waals surface area contributed by atoms with E-state index in [2.05, 4.69) is 0 Å². The third kappa shape index (κ3) is 5.10. The van der Waals surface area contributed by atoms with Crippen molar-refractivity contribution in [2.45, 2.75) is 0 Å². The fraction of sp³-hybridized carbons (Fsp3) is 0. The summed E-state index contributed by atoms with van der Waals surface area (Å²) in [7, 11) is 0. The second-order valence-corrected chi connectivity index (χ2v) is 8.35. The highest BCUT2D eigenvalue weighted by atomic mass is 16.6. The van der Waals surface area contributed by atoms with Crippen molar-refractivity contribution < 1.29 is 28.7 Å². The Bertz CT molecular complexity index is 1610. The number of ketones is 2. The average molecular weight is 501 g/mol. The van der Waals surface area contributed by atoms with Crippen molar-refractivity contribution in [1.29, 1.82) is 0 Å². The highest BCUT2D eigenvalue weighted by Crippen LogP contribution is 2.40. The highest BCUT2D eigenvalue weighted by Gasteiger charge is 2.34. The molecular weight excluding hydrogens is 480 g/mol. The first-order valence-electron chi connectivity index (χ1n) is 11.8. The van der Waals surface area contributed by atoms with Crippen LogP contribution in [0.3, 0.4) is 0 Å². The Kier molecular flexibility index (Phi) is 6.87. The molecular formula is C32H20O6. The summed E-state index contributed by atoms with van der Waals surface area (Å²) in [5.41, 5.74) is 1.90. The summed E-state index contributed by atoms with van der Waals surface area (Å²) in [4.78, 5) is 52.1. The van der Waals surface area contributed by atoms with Gasteiger partial charge in [-0.3, -0.25) is 9.59 Å². The lowest BCUT2D eigenvalue weighted by Crippen LogP contribution is -2.23. The molecule has 0 unspecified atom stereocenters. The van der Waals surface area contributed by atoms with E-state index < -0.39 is 23.5 Å². The van der Waals surface area contributed by atoms with Crippen molar-refractivity contribution >= 4 is 35.7 Å². The molecule has 184 valence electrons. The van der Waals surface area contributed by atoms with Crippen LogP contribution < -0.4 is 9.47 Å². The van der Waals surface area contributed by atoms with E-state index in [0.29, 0.717) is 0 Å². The van der Waals surface area contributed by atoms with E-state index in [1.807, 2.05) is 48.5 Å². The van der Waals surface area contributed by atoms with Gasteiger partial charge < -0.3 is 9.47 Å². The predicted molar refractivity (Wildman–Crippen MR) is 142 cm³/mol. The molecule has 0 spiro atoms. The molecule has 4 aromatic rings. The molecule has 1 aliphatic rings. The third-order valence-electron chi connectivity index (χ3n) is 5.85. The van der Waals surface area contributed by atoms with Crippen LogP contribution in [0.2, 0.25) is 0 Å². The van der Waals surface area contributed by atoms with Gasteiger partial charge in [0.15, 0.2) is 23.1 Å². The Morgan fingerprint density at radius 1 is 0.526 bits per heavy atom. The molecule has 0 saturated carbocycles. The van der Waals surface area contributed by atoms with Crippen LogP contribution >= 0.6 is 0 Å². The summed E-state index contributed by atoms with van der Waals surface area (Å²) in [6, 6.07) is 27.4. The number of ether oxygens (including phenoxy) is 2. The molecule has 0 heterocycles. The van der Waals surface area contributed by atoms with E-state index in [1.165, 1.54) is 30.4 Å². The van der Waals surface area contributed by atoms with Crippen LogP contribution in [0, 0.1) is 0 Å². The first kappa shape index (κ1) is 24.3. The number of fused-ring (bicyclic) bond motifs is 2. The number of carbonyl (C=O) groups is 4. The number of hydrogen-bond donors (Lipinski definition) is 0. The number of rotatable bonds is 6. The van der Waals surface area contributed by atoms with E-state index >= 15 is 0 Å². The van der Waals surface area contributed by atoms with Gasteiger partial charge in [0.05, 0.1) is 5.56 Å². The molecule has 0 radical (unpaired) electrons. The molecule has 0 saturated heterocycles. The summed E-state index contributed by atoms with van der Waals surface area (Å²) in [6.45, 7) is 0. The average Bonchev–Trinajstić information content (AvgIpc) is 2.95. The second kappa shape index (κ2) is 10.7. The van der Waals surface area contributed by atoms with Crippen molar-refractivity contribution in [3.05, 3.63) is 143 Å². The summed E-state index contributed by atoms with van der Waals surface area (Å²) < 4.78 is 11.0. The SMILES string of the molecule is O=C(/C=C/c1ccccc1)Oc1ccc2c(c1OC(=O)/C=C/c1ccccc1)C(=O)c1ccccc1C2=O. The van der Waals surface area contributed by atoms with E-state index in [9.17, 15) is 19.2 Å². The van der Waals surface area contributed by atoms with Crippen LogP contribution in [0.15, 0.2) is 109 Å². The van der Waals surface area contributed by atoms with Gasteiger partial charge >= 0.3 is 11.9 Å². The van der Waals surface area contributed by atoms with Crippen LogP contribution in [0.5, 0.6) is 11.5 Å². The minimum absolute atomic E-state index is 0.0585. The number of hydrogen-bond acceptors (Lipinski definition) is 6. The molecule has 0 bridgehead atoms. The Morgan fingerprint density at radius 3 is 1.61 bits per heavy atom. The maximum atomic E-state index is 13.5. The molecule has 0 N–H and O–H groups in total. The fourth-order valence-corrected chi connectivity index (χ4v) is 4.05. The van der Waals surface area contributed by atoms with Gasteiger partial charge in [0.2, 0.25) is 0 Å². The zero-order valence-corrected chi connectivity index (χ0v) is 20.0. The summed E-state index contributed by atoms with van der Waals surface area (Å²) in [5, 5.41) is 0. The highest BCUT2D eigenvalue weighted by molar-refractivity contribution is 6.29. The lowest BCUT2D eigenvalue weighted by molar-refractivity contribution is -0.131. The first-order chi connectivity index (χ1) is 18.5. The van der Waals surface area contributed by atoms with Gasteiger partial charge in [-0.05, 0) is 35.4 Å². The Hall–Kier alpha value is -5.36. The fourth-order valence-electron chi connectivity index (χ4n) is 4.05. The molecule has 0 fully saturated rings. The smallest absolute Gasteiger partial charge is 0.336 e. The van der Waals surface area contributed by atoms with Gasteiger partial charge in [0.1, 0.15) is 0 Å². The zero-order valence-electron chi connectivity index (χ0n) is 20.0. The molecule has 6 heteroatoms. The van der Waals surface area contributed by atoms with E-state index in [-0.39, 0.29) is 33.8 Å². The Morgan fingerprint density at radius 2 is 1.03 bits per heavy atom. The molecule has 6 nitrogen and oxygen atoms in total. The Labute approximate surface area is 218 Å². The van der Waals surface area contributed by atoms with Gasteiger partial charge in [-0.2, -0.15) is 0 Å². The van der Waals surface area contributed by atoms with Crippen molar-refractivity contribution in [1.82, 2.24) is 0 Å². The van der Waals surface area contributed by atoms with E-state index in [1.54, 1.807) is 42.5 Å². The normalized spacial score (nSPS) is 12.3. The molecule has 0 aromatic heterocycles. The van der Waals surface area contributed by atoms with Crippen molar-refractivity contribution in [2.24, 2.45) is 0 Å². The van der Waals surface area contributed by atoms with Gasteiger partial charge in [-0.25, -0.2) is 9.59 Å². The Balaban J connectivity index is 1.51. The first-order valence-corrected chi connectivity index (χ1v) is 11.8. The summed E-state index contributed by atoms with van der Waals surface area (Å²) >= 11 is 0. The molecule has 0 aliphatic heterocycles. The molecule has 5 rings (SSSR count). The standard InChI is InChI=1S/C32H20O6/c33-27(19-15-21-9-3-1-4-10-21)37-26-18-17-25-29(31(36)24-14-8-7-13-23(24)30(25)35)32(26)38-28(34)20-16-22-11-5-2-6-12-22/h1-20H/b19-15+,20-16+. The number of esters is 2. The maximum absolute atomic E-state index is 13.5. The van der Waals surface area contributed by atoms with Gasteiger partial charge in [0.25, 0.3) is 0 Å². The minimum atomic E-state index is -0.807. The lowest BCUT2D eigenvalue weighted by atomic mass is 9.83. The van der Waals surface area contributed by atoms with Crippen molar-refractivity contribution in [2.75, 3.05) is 0 Å². The maximum Gasteiger partial charge on any atom is 0.336 e. The summed E-state index contributed by atoms with van der Waals surface area (Å²) in [5.74, 6) is -2.91. The third-order valence-corrected chi connectivity index (χ3v) is 5.85. The van der Waals surface area contributed by atoms with E-state index in [0.717, 1.165) is 11.1 Å². The van der Waals surface area contributed by atoms with Crippen molar-refractivity contribution in [3.8, 4) is 11.5 Å². The van der Waals surface area contributed by atoms with Gasteiger partial charge in [-0.15, -0.1) is 0 Å². The van der Waals surface area contributed by atoms with Gasteiger partial charge in [0, 0.05) is 28.8 Å².